The van der Waals surface area contributed by atoms with E-state index in [1.54, 1.807) is 4.68 Å². The average molecular weight is 466 g/mol. The molecule has 184 valence electrons. The van der Waals surface area contributed by atoms with Gasteiger partial charge in [-0.25, -0.2) is 9.67 Å². The number of fused-ring (bicyclic) bond motifs is 4. The van der Waals surface area contributed by atoms with E-state index in [2.05, 4.69) is 38.1 Å². The maximum absolute atomic E-state index is 13.4. The van der Waals surface area contributed by atoms with E-state index < -0.39 is 0 Å². The summed E-state index contributed by atoms with van der Waals surface area (Å²) < 4.78 is 1.77. The zero-order chi connectivity index (χ0) is 23.2. The van der Waals surface area contributed by atoms with Crippen molar-refractivity contribution in [2.75, 3.05) is 37.6 Å². The predicted octanol–water partition coefficient (Wildman–Crippen LogP) is 2.78. The molecule has 2 aromatic rings. The molecule has 8 heteroatoms. The van der Waals surface area contributed by atoms with Crippen LogP contribution in [-0.4, -0.2) is 87.4 Å². The number of aromatic nitrogens is 3. The van der Waals surface area contributed by atoms with Gasteiger partial charge in [-0.1, -0.05) is 12.8 Å². The van der Waals surface area contributed by atoms with E-state index in [0.29, 0.717) is 23.8 Å². The van der Waals surface area contributed by atoms with Crippen LogP contribution in [0.15, 0.2) is 12.1 Å². The van der Waals surface area contributed by atoms with Gasteiger partial charge in [0.25, 0.3) is 5.91 Å². The summed E-state index contributed by atoms with van der Waals surface area (Å²) in [5, 5.41) is 8.81. The molecule has 8 nitrogen and oxygen atoms in total. The molecule has 2 aromatic heterocycles. The maximum atomic E-state index is 13.4. The van der Waals surface area contributed by atoms with E-state index in [1.807, 2.05) is 13.1 Å². The number of hydrogen-bond donors (Lipinski definition) is 1. The molecule has 4 aliphatic heterocycles. The number of amides is 1. The Labute approximate surface area is 202 Å². The van der Waals surface area contributed by atoms with Crippen molar-refractivity contribution in [3.8, 4) is 0 Å². The van der Waals surface area contributed by atoms with Crippen LogP contribution >= 0.6 is 0 Å². The van der Waals surface area contributed by atoms with Gasteiger partial charge >= 0.3 is 0 Å². The summed E-state index contributed by atoms with van der Waals surface area (Å²) in [5.74, 6) is 0.949. The van der Waals surface area contributed by atoms with Crippen LogP contribution in [0.2, 0.25) is 0 Å². The third-order valence-electron chi connectivity index (χ3n) is 8.87. The fourth-order valence-electron chi connectivity index (χ4n) is 6.99. The summed E-state index contributed by atoms with van der Waals surface area (Å²) in [7, 11) is 1.90. The Hall–Kier alpha value is -2.19. The summed E-state index contributed by atoms with van der Waals surface area (Å²) in [6.07, 6.45) is 9.69. The second-order valence-electron chi connectivity index (χ2n) is 10.9. The number of aryl methyl sites for hydroxylation is 1. The van der Waals surface area contributed by atoms with E-state index in [4.69, 9.17) is 4.98 Å². The molecule has 1 N–H and O–H groups in total. The van der Waals surface area contributed by atoms with Crippen LogP contribution in [0.3, 0.4) is 0 Å². The summed E-state index contributed by atoms with van der Waals surface area (Å²) in [6.45, 7) is 7.93. The minimum absolute atomic E-state index is 0.0548. The summed E-state index contributed by atoms with van der Waals surface area (Å²) >= 11 is 0. The lowest BCUT2D eigenvalue weighted by Crippen LogP contribution is -2.62. The Morgan fingerprint density at radius 3 is 2.62 bits per heavy atom. The molecule has 6 heterocycles. The highest BCUT2D eigenvalue weighted by molar-refractivity contribution is 6.04. The highest BCUT2D eigenvalue weighted by atomic mass is 16.2. The topological polar surface area (TPSA) is 69.5 Å². The number of anilines is 1. The van der Waals surface area contributed by atoms with Crippen LogP contribution in [0, 0.1) is 0 Å². The van der Waals surface area contributed by atoms with Crippen LogP contribution in [-0.2, 0) is 7.05 Å². The van der Waals surface area contributed by atoms with Crippen molar-refractivity contribution < 1.29 is 4.79 Å². The smallest absolute Gasteiger partial charge is 0.272 e. The first-order valence-electron chi connectivity index (χ1n) is 13.5. The molecule has 0 radical (unpaired) electrons. The lowest BCUT2D eigenvalue weighted by Gasteiger charge is -2.50. The lowest BCUT2D eigenvalue weighted by atomic mass is 9.89. The van der Waals surface area contributed by atoms with Gasteiger partial charge < -0.3 is 10.2 Å². The summed E-state index contributed by atoms with van der Waals surface area (Å²) in [5.41, 5.74) is 1.30. The van der Waals surface area contributed by atoms with Gasteiger partial charge in [-0.2, -0.15) is 5.10 Å². The quantitative estimate of drug-likeness (QED) is 0.752. The largest absolute Gasteiger partial charge is 0.357 e. The van der Waals surface area contributed by atoms with Gasteiger partial charge in [-0.05, 0) is 57.6 Å². The van der Waals surface area contributed by atoms with Crippen LogP contribution in [0.4, 0.5) is 5.82 Å². The van der Waals surface area contributed by atoms with E-state index in [0.717, 1.165) is 49.3 Å². The molecule has 34 heavy (non-hydrogen) atoms. The Kier molecular flexibility index (Phi) is 5.97. The third-order valence-corrected chi connectivity index (χ3v) is 8.87. The standard InChI is InChI=1S/C26H39N7O/c1-18-7-9-21-22-17-19(11-14-31(22)15-16-33(18)21)27-26(34)24-20-8-10-23(28-25(20)30(2)29-24)32-12-5-3-4-6-13-32/h8,10,18-19,21-22H,3-7,9,11-17H2,1-2H3,(H,27,34). The van der Waals surface area contributed by atoms with Crippen molar-refractivity contribution in [2.45, 2.75) is 82.5 Å². The first kappa shape index (κ1) is 22.3. The summed E-state index contributed by atoms with van der Waals surface area (Å²) in [4.78, 5) is 26.1. The minimum atomic E-state index is -0.0548. The highest BCUT2D eigenvalue weighted by Crippen LogP contribution is 2.35. The number of rotatable bonds is 3. The number of hydrogen-bond acceptors (Lipinski definition) is 6. The monoisotopic (exact) mass is 465 g/mol. The molecule has 4 unspecified atom stereocenters. The Morgan fingerprint density at radius 2 is 1.79 bits per heavy atom. The molecule has 4 fully saturated rings. The second kappa shape index (κ2) is 9.11. The number of carbonyl (C=O) groups excluding carboxylic acids is 1. The zero-order valence-electron chi connectivity index (χ0n) is 20.7. The normalized spacial score (nSPS) is 30.7. The Balaban J connectivity index is 1.17. The first-order chi connectivity index (χ1) is 16.6. The lowest BCUT2D eigenvalue weighted by molar-refractivity contribution is -0.00134. The number of carbonyl (C=O) groups is 1. The van der Waals surface area contributed by atoms with Crippen molar-refractivity contribution in [2.24, 2.45) is 7.05 Å². The molecule has 0 aliphatic carbocycles. The zero-order valence-corrected chi connectivity index (χ0v) is 20.7. The first-order valence-corrected chi connectivity index (χ1v) is 13.5. The van der Waals surface area contributed by atoms with Gasteiger partial charge in [0, 0.05) is 63.9 Å². The third kappa shape index (κ3) is 3.98. The SMILES string of the molecule is CC1CCC2C3CC(NC(=O)c4nn(C)c5nc(N6CCCCCC6)ccc45)CCN3CCN12. The fourth-order valence-corrected chi connectivity index (χ4v) is 6.99. The average Bonchev–Trinajstić information content (AvgIpc) is 3.25. The van der Waals surface area contributed by atoms with Crippen molar-refractivity contribution in [3.05, 3.63) is 17.8 Å². The van der Waals surface area contributed by atoms with Crippen LogP contribution < -0.4 is 10.2 Å². The number of piperazine rings is 1. The maximum Gasteiger partial charge on any atom is 0.272 e. The molecule has 0 saturated carbocycles. The molecule has 4 atom stereocenters. The second-order valence-corrected chi connectivity index (χ2v) is 10.9. The van der Waals surface area contributed by atoms with Crippen LogP contribution in [0.25, 0.3) is 11.0 Å². The van der Waals surface area contributed by atoms with Gasteiger partial charge in [0.05, 0.1) is 5.39 Å². The molecular weight excluding hydrogens is 426 g/mol. The van der Waals surface area contributed by atoms with Gasteiger partial charge in [0.2, 0.25) is 0 Å². The van der Waals surface area contributed by atoms with Crippen molar-refractivity contribution in [1.82, 2.24) is 29.9 Å². The number of pyridine rings is 1. The number of nitrogens with zero attached hydrogens (tertiary/aromatic N) is 6. The molecule has 4 saturated heterocycles. The van der Waals surface area contributed by atoms with Crippen LogP contribution in [0.5, 0.6) is 0 Å². The number of nitrogens with one attached hydrogen (secondary N) is 1. The van der Waals surface area contributed by atoms with E-state index in [1.165, 1.54) is 51.6 Å². The van der Waals surface area contributed by atoms with E-state index in [-0.39, 0.29) is 11.9 Å². The molecule has 6 rings (SSSR count). The Morgan fingerprint density at radius 1 is 0.971 bits per heavy atom. The van der Waals surface area contributed by atoms with Gasteiger partial charge in [-0.3, -0.25) is 14.6 Å². The Bertz CT molecular complexity index is 1040. The van der Waals surface area contributed by atoms with E-state index >= 15 is 0 Å². The van der Waals surface area contributed by atoms with E-state index in [9.17, 15) is 4.79 Å². The van der Waals surface area contributed by atoms with Crippen molar-refractivity contribution >= 4 is 22.8 Å². The van der Waals surface area contributed by atoms with Gasteiger partial charge in [0.1, 0.15) is 5.82 Å². The van der Waals surface area contributed by atoms with Crippen molar-refractivity contribution in [3.63, 3.8) is 0 Å². The molecule has 0 spiro atoms. The summed E-state index contributed by atoms with van der Waals surface area (Å²) in [6, 6.07) is 6.26. The molecule has 1 amide bonds. The van der Waals surface area contributed by atoms with Gasteiger partial charge in [-0.15, -0.1) is 0 Å². The molecular formula is C26H39N7O. The molecule has 0 aromatic carbocycles. The fraction of sp³-hybridized carbons (Fsp3) is 0.731. The minimum Gasteiger partial charge on any atom is -0.357 e. The van der Waals surface area contributed by atoms with Crippen LogP contribution in [0.1, 0.15) is 68.8 Å². The molecule has 4 aliphatic rings. The highest BCUT2D eigenvalue weighted by Gasteiger charge is 2.44. The van der Waals surface area contributed by atoms with Crippen molar-refractivity contribution in [1.29, 1.82) is 0 Å². The molecule has 0 bridgehead atoms. The van der Waals surface area contributed by atoms with Gasteiger partial charge in [0.15, 0.2) is 11.3 Å². The number of piperidine rings is 1. The predicted molar refractivity (Wildman–Crippen MR) is 134 cm³/mol.